The molecule has 0 heterocycles. The molecule has 3 atom stereocenters. The van der Waals surface area contributed by atoms with E-state index in [0.717, 1.165) is 36.9 Å². The Kier molecular flexibility index (Phi) is 38.1. The minimum absolute atomic E-state index is 0.0624. The highest BCUT2D eigenvalue weighted by atomic mass is 31.2. The zero-order valence-electron chi connectivity index (χ0n) is 33.9. The van der Waals surface area contributed by atoms with E-state index >= 15 is 0 Å². The molecule has 0 rings (SSSR count). The molecule has 7 heteroatoms. The largest absolute Gasteiger partial charge is 0.393 e. The van der Waals surface area contributed by atoms with Crippen molar-refractivity contribution in [3.05, 3.63) is 0 Å². The summed E-state index contributed by atoms with van der Waals surface area (Å²) in [4.78, 5) is 10.3. The third-order valence-corrected chi connectivity index (χ3v) is 10.7. The van der Waals surface area contributed by atoms with Gasteiger partial charge < -0.3 is 28.3 Å². The molecule has 0 saturated heterocycles. The van der Waals surface area contributed by atoms with Crippen LogP contribution in [0.3, 0.4) is 0 Å². The number of hydrogen-bond donors (Lipinski definition) is 2. The first kappa shape index (κ1) is 49.2. The molecule has 3 unspecified atom stereocenters. The van der Waals surface area contributed by atoms with E-state index in [-0.39, 0.29) is 12.0 Å². The maximum absolute atomic E-state index is 10.8. The van der Waals surface area contributed by atoms with Crippen LogP contribution in [0, 0.1) is 5.92 Å². The maximum atomic E-state index is 10.8. The number of nitrogens with zero attached hydrogens (tertiary/aromatic N) is 1. The molecule has 0 radical (unpaired) electrons. The molecule has 0 bridgehead atoms. The van der Waals surface area contributed by atoms with Crippen LogP contribution in [0.4, 0.5) is 0 Å². The lowest BCUT2D eigenvalue weighted by Crippen LogP contribution is -2.37. The van der Waals surface area contributed by atoms with Crippen molar-refractivity contribution in [1.82, 2.24) is 0 Å². The fourth-order valence-electron chi connectivity index (χ4n) is 6.51. The Labute approximate surface area is 308 Å². The zero-order valence-corrected chi connectivity index (χ0v) is 34.8. The van der Waals surface area contributed by atoms with Crippen molar-refractivity contribution in [1.29, 1.82) is 0 Å². The lowest BCUT2D eigenvalue weighted by atomic mass is 9.98. The van der Waals surface area contributed by atoms with Crippen molar-refractivity contribution >= 4 is 8.60 Å². The second kappa shape index (κ2) is 37.9. The van der Waals surface area contributed by atoms with Crippen LogP contribution in [0.1, 0.15) is 206 Å². The number of hydrogen-bond acceptors (Lipinski definition) is 5. The summed E-state index contributed by atoms with van der Waals surface area (Å²) in [5, 5.41) is 10.8. The normalized spacial score (nSPS) is 14.0. The first-order chi connectivity index (χ1) is 23.8. The van der Waals surface area contributed by atoms with Crippen LogP contribution < -0.4 is 0 Å². The molecule has 2 N–H and O–H groups in total. The Morgan fingerprint density at radius 3 is 1.29 bits per heavy atom. The van der Waals surface area contributed by atoms with Crippen molar-refractivity contribution in [3.8, 4) is 0 Å². The molecule has 0 amide bonds. The van der Waals surface area contributed by atoms with E-state index in [4.69, 9.17) is 13.8 Å². The number of quaternary nitrogens is 1. The summed E-state index contributed by atoms with van der Waals surface area (Å²) in [6, 6.07) is 0. The van der Waals surface area contributed by atoms with Crippen molar-refractivity contribution in [2.45, 2.75) is 213 Å². The van der Waals surface area contributed by atoms with Gasteiger partial charge in [-0.1, -0.05) is 187 Å². The highest BCUT2D eigenvalue weighted by Gasteiger charge is 2.19. The third-order valence-electron chi connectivity index (χ3n) is 9.88. The van der Waals surface area contributed by atoms with Crippen molar-refractivity contribution in [3.63, 3.8) is 0 Å². The number of likely N-dealkylation sites (N-methyl/N-ethyl adjacent to an activating group) is 1. The topological polar surface area (TPSA) is 68.2 Å². The van der Waals surface area contributed by atoms with Crippen LogP contribution in [0.5, 0.6) is 0 Å². The smallest absolute Gasteiger partial charge is 0.330 e. The van der Waals surface area contributed by atoms with Gasteiger partial charge in [0.25, 0.3) is 0 Å². The van der Waals surface area contributed by atoms with Crippen molar-refractivity contribution < 1.29 is 28.3 Å². The fourth-order valence-corrected chi connectivity index (χ4v) is 7.16. The molecule has 0 aromatic carbocycles. The lowest BCUT2D eigenvalue weighted by molar-refractivity contribution is -0.870. The van der Waals surface area contributed by atoms with Gasteiger partial charge in [0.1, 0.15) is 13.2 Å². The van der Waals surface area contributed by atoms with Gasteiger partial charge in [-0.25, -0.2) is 0 Å². The Morgan fingerprint density at radius 2 is 0.878 bits per heavy atom. The van der Waals surface area contributed by atoms with E-state index in [1.165, 1.54) is 167 Å². The predicted molar refractivity (Wildman–Crippen MR) is 214 cm³/mol. The van der Waals surface area contributed by atoms with E-state index < -0.39 is 8.60 Å². The molecular formula is C42H89NO5P+. The Morgan fingerprint density at radius 1 is 0.490 bits per heavy atom. The third kappa shape index (κ3) is 40.8. The Balaban J connectivity index is 4.08. The predicted octanol–water partition coefficient (Wildman–Crippen LogP) is 12.7. The summed E-state index contributed by atoms with van der Waals surface area (Å²) < 4.78 is 18.1. The first-order valence-corrected chi connectivity index (χ1v) is 22.7. The van der Waals surface area contributed by atoms with Crippen LogP contribution in [0.15, 0.2) is 0 Å². The van der Waals surface area contributed by atoms with Gasteiger partial charge in [0, 0.05) is 12.5 Å². The molecule has 6 nitrogen and oxygen atoms in total. The minimum Gasteiger partial charge on any atom is -0.393 e. The molecule has 0 aromatic heterocycles. The second-order valence-corrected chi connectivity index (χ2v) is 17.2. The molecule has 0 fully saturated rings. The second-order valence-electron chi connectivity index (χ2n) is 16.2. The van der Waals surface area contributed by atoms with E-state index in [2.05, 4.69) is 35.0 Å². The highest BCUT2D eigenvalue weighted by molar-refractivity contribution is 7.40. The van der Waals surface area contributed by atoms with Crippen LogP contribution in [-0.4, -0.2) is 74.7 Å². The van der Waals surface area contributed by atoms with Gasteiger partial charge in [-0.05, 0) is 19.3 Å². The van der Waals surface area contributed by atoms with Gasteiger partial charge in [-0.2, -0.15) is 0 Å². The van der Waals surface area contributed by atoms with Crippen LogP contribution in [0.2, 0.25) is 0 Å². The summed E-state index contributed by atoms with van der Waals surface area (Å²) >= 11 is 0. The number of ether oxygens (including phenoxy) is 1. The summed E-state index contributed by atoms with van der Waals surface area (Å²) in [6.07, 6.45) is 39.0. The monoisotopic (exact) mass is 719 g/mol. The van der Waals surface area contributed by atoms with Gasteiger partial charge in [0.05, 0.1) is 40.5 Å². The molecular weight excluding hydrogens is 629 g/mol. The summed E-state index contributed by atoms with van der Waals surface area (Å²) in [6.45, 7) is 7.54. The molecule has 296 valence electrons. The van der Waals surface area contributed by atoms with E-state index in [1.54, 1.807) is 0 Å². The summed E-state index contributed by atoms with van der Waals surface area (Å²) in [7, 11) is 4.41. The molecule has 49 heavy (non-hydrogen) atoms. The van der Waals surface area contributed by atoms with Crippen LogP contribution >= 0.6 is 8.60 Å². The van der Waals surface area contributed by atoms with Gasteiger partial charge >= 0.3 is 8.60 Å². The number of aliphatic hydroxyl groups is 1. The van der Waals surface area contributed by atoms with E-state index in [1.807, 2.05) is 0 Å². The van der Waals surface area contributed by atoms with Gasteiger partial charge in [-0.15, -0.1) is 0 Å². The molecule has 0 aliphatic heterocycles. The first-order valence-electron chi connectivity index (χ1n) is 21.6. The highest BCUT2D eigenvalue weighted by Crippen LogP contribution is 2.34. The number of aliphatic hydroxyl groups excluding tert-OH is 1. The molecule has 0 aliphatic carbocycles. The molecule has 0 spiro atoms. The lowest BCUT2D eigenvalue weighted by Gasteiger charge is -2.24. The van der Waals surface area contributed by atoms with Crippen LogP contribution in [-0.2, 0) is 13.8 Å². The summed E-state index contributed by atoms with van der Waals surface area (Å²) in [5.74, 6) is 0.0624. The number of rotatable bonds is 41. The van der Waals surface area contributed by atoms with Gasteiger partial charge in [0.15, 0.2) is 0 Å². The SMILES string of the molecule is CCCCCCCCCCCCCCCCOCC(COP(O)OCC[N+](C)(C)C)CC(O)CCCCCCCCCCCCCCCC. The molecule has 0 aliphatic rings. The quantitative estimate of drug-likeness (QED) is 0.0374. The standard InChI is InChI=1S/C42H89NO5P/c1-6-8-10-12-14-16-18-20-22-24-26-28-30-32-34-42(44)38-41(40-48-49(45)47-37-35-43(3,4)5)39-46-36-33-31-29-27-25-23-21-19-17-15-13-11-9-7-2/h41-42,44-45H,6-40H2,1-5H3/q+1. The fraction of sp³-hybridized carbons (Fsp3) is 1.00. The van der Waals surface area contributed by atoms with Crippen molar-refractivity contribution in [2.24, 2.45) is 5.92 Å². The molecule has 0 saturated carbocycles. The average Bonchev–Trinajstić information content (AvgIpc) is 3.06. The van der Waals surface area contributed by atoms with E-state index in [0.29, 0.717) is 26.2 Å². The Bertz CT molecular complexity index is 635. The van der Waals surface area contributed by atoms with Gasteiger partial charge in [0.2, 0.25) is 0 Å². The molecule has 0 aromatic rings. The minimum atomic E-state index is -1.91. The van der Waals surface area contributed by atoms with Gasteiger partial charge in [-0.3, -0.25) is 0 Å². The zero-order chi connectivity index (χ0) is 36.1. The van der Waals surface area contributed by atoms with Crippen LogP contribution in [0.25, 0.3) is 0 Å². The average molecular weight is 719 g/mol. The van der Waals surface area contributed by atoms with Crippen molar-refractivity contribution in [2.75, 3.05) is 54.1 Å². The maximum Gasteiger partial charge on any atom is 0.330 e. The van der Waals surface area contributed by atoms with E-state index in [9.17, 15) is 10.00 Å². The summed E-state index contributed by atoms with van der Waals surface area (Å²) in [5.41, 5.74) is 0. The number of unbranched alkanes of at least 4 members (excludes halogenated alkanes) is 26. The Hall–Kier alpha value is 0.190.